The fraction of sp³-hybridized carbons (Fsp3) is 0.450. The second-order valence-electron chi connectivity index (χ2n) is 7.12. The largest absolute Gasteiger partial charge is 0.445 e. The zero-order chi connectivity index (χ0) is 19.9. The average molecular weight is 385 g/mol. The Hall–Kier alpha value is -3.03. The number of carbonyl (C=O) groups excluding carboxylic acids is 2. The number of amides is 3. The number of anilines is 1. The molecule has 1 atom stereocenters. The Morgan fingerprint density at radius 3 is 2.79 bits per heavy atom. The Balaban J connectivity index is 1.42. The van der Waals surface area contributed by atoms with E-state index >= 15 is 0 Å². The molecule has 0 saturated carbocycles. The van der Waals surface area contributed by atoms with Crippen LogP contribution in [0.3, 0.4) is 0 Å². The van der Waals surface area contributed by atoms with Gasteiger partial charge in [-0.05, 0) is 31.2 Å². The van der Waals surface area contributed by atoms with Crippen molar-refractivity contribution in [3.05, 3.63) is 47.7 Å². The maximum absolute atomic E-state index is 12.3. The molecule has 150 valence electrons. The molecule has 1 saturated heterocycles. The van der Waals surface area contributed by atoms with Gasteiger partial charge in [0.05, 0.1) is 5.69 Å². The van der Waals surface area contributed by atoms with Crippen molar-refractivity contribution in [3.8, 4) is 0 Å². The average Bonchev–Trinajstić information content (AvgIpc) is 3.02. The lowest BCUT2D eigenvalue weighted by molar-refractivity contribution is 0.0793. The Bertz CT molecular complexity index is 805. The topological polar surface area (TPSA) is 88.5 Å². The van der Waals surface area contributed by atoms with Gasteiger partial charge in [-0.3, -0.25) is 10.00 Å². The summed E-state index contributed by atoms with van der Waals surface area (Å²) < 4.78 is 7.04. The lowest BCUT2D eigenvalue weighted by Crippen LogP contribution is -2.44. The van der Waals surface area contributed by atoms with E-state index < -0.39 is 0 Å². The number of aryl methyl sites for hydroxylation is 2. The van der Waals surface area contributed by atoms with Crippen molar-refractivity contribution in [3.63, 3.8) is 0 Å². The highest BCUT2D eigenvalue weighted by Gasteiger charge is 2.25. The van der Waals surface area contributed by atoms with E-state index in [4.69, 9.17) is 4.74 Å². The van der Waals surface area contributed by atoms with Crippen molar-refractivity contribution < 1.29 is 14.3 Å². The standard InChI is InChI=1S/C20H27N5O3/c1-15-11-18(24(2)23-15)22-19(26)21-12-17-9-6-10-25(13-17)20(27)28-14-16-7-4-3-5-8-16/h3-5,7-8,11,17H,6,9-10,12-14H2,1-2H3,(H2,21,22,26)/t17-/m1/s1. The summed E-state index contributed by atoms with van der Waals surface area (Å²) in [6, 6.07) is 11.2. The normalized spacial score (nSPS) is 16.5. The number of aromatic nitrogens is 2. The molecule has 2 aromatic rings. The molecule has 0 aliphatic carbocycles. The smallest absolute Gasteiger partial charge is 0.410 e. The quantitative estimate of drug-likeness (QED) is 0.828. The molecule has 1 aromatic heterocycles. The minimum atomic E-state index is -0.302. The monoisotopic (exact) mass is 385 g/mol. The summed E-state index contributed by atoms with van der Waals surface area (Å²) >= 11 is 0. The molecule has 8 nitrogen and oxygen atoms in total. The predicted molar refractivity (Wildman–Crippen MR) is 106 cm³/mol. The van der Waals surface area contributed by atoms with Crippen molar-refractivity contribution >= 4 is 17.9 Å². The number of hydrogen-bond acceptors (Lipinski definition) is 4. The van der Waals surface area contributed by atoms with Crippen LogP contribution in [0.5, 0.6) is 0 Å². The zero-order valence-corrected chi connectivity index (χ0v) is 16.4. The summed E-state index contributed by atoms with van der Waals surface area (Å²) in [4.78, 5) is 26.2. The van der Waals surface area contributed by atoms with Crippen LogP contribution in [0.1, 0.15) is 24.1 Å². The number of ether oxygens (including phenoxy) is 1. The van der Waals surface area contributed by atoms with Gasteiger partial charge in [-0.25, -0.2) is 9.59 Å². The first-order valence-electron chi connectivity index (χ1n) is 9.52. The molecule has 1 aliphatic rings. The molecule has 8 heteroatoms. The van der Waals surface area contributed by atoms with Crippen LogP contribution in [0, 0.1) is 12.8 Å². The molecule has 2 N–H and O–H groups in total. The Morgan fingerprint density at radius 1 is 1.29 bits per heavy atom. The SMILES string of the molecule is Cc1cc(NC(=O)NC[C@H]2CCCN(C(=O)OCc3ccccc3)C2)n(C)n1. The van der Waals surface area contributed by atoms with Crippen LogP contribution in [0.25, 0.3) is 0 Å². The lowest BCUT2D eigenvalue weighted by Gasteiger charge is -2.32. The van der Waals surface area contributed by atoms with Gasteiger partial charge in [-0.15, -0.1) is 0 Å². The van der Waals surface area contributed by atoms with E-state index in [0.29, 0.717) is 25.5 Å². The molecule has 0 spiro atoms. The first-order chi connectivity index (χ1) is 13.5. The molecule has 0 radical (unpaired) electrons. The van der Waals surface area contributed by atoms with Crippen molar-refractivity contribution in [1.29, 1.82) is 0 Å². The summed E-state index contributed by atoms with van der Waals surface area (Å²) in [7, 11) is 1.78. The van der Waals surface area contributed by atoms with E-state index in [0.717, 1.165) is 24.1 Å². The molecule has 0 unspecified atom stereocenters. The second kappa shape index (κ2) is 9.25. The van der Waals surface area contributed by atoms with E-state index in [9.17, 15) is 9.59 Å². The van der Waals surface area contributed by atoms with E-state index in [2.05, 4.69) is 15.7 Å². The Morgan fingerprint density at radius 2 is 2.07 bits per heavy atom. The Kier molecular flexibility index (Phi) is 6.52. The van der Waals surface area contributed by atoms with Crippen LogP contribution in [0.15, 0.2) is 36.4 Å². The maximum Gasteiger partial charge on any atom is 0.410 e. The second-order valence-corrected chi connectivity index (χ2v) is 7.12. The van der Waals surface area contributed by atoms with Gasteiger partial charge in [0.25, 0.3) is 0 Å². The van der Waals surface area contributed by atoms with Gasteiger partial charge in [0.15, 0.2) is 0 Å². The Labute approximate surface area is 164 Å². The maximum atomic E-state index is 12.3. The van der Waals surface area contributed by atoms with Gasteiger partial charge in [0, 0.05) is 32.7 Å². The number of hydrogen-bond donors (Lipinski definition) is 2. The predicted octanol–water partition coefficient (Wildman–Crippen LogP) is 2.90. The summed E-state index contributed by atoms with van der Waals surface area (Å²) in [6.07, 6.45) is 1.56. The van der Waals surface area contributed by atoms with Gasteiger partial charge in [-0.1, -0.05) is 30.3 Å². The first kappa shape index (κ1) is 19.7. The zero-order valence-electron chi connectivity index (χ0n) is 16.4. The van der Waals surface area contributed by atoms with Crippen LogP contribution in [-0.4, -0.2) is 46.4 Å². The van der Waals surface area contributed by atoms with Crippen LogP contribution < -0.4 is 10.6 Å². The minimum Gasteiger partial charge on any atom is -0.445 e. The number of rotatable bonds is 5. The minimum absolute atomic E-state index is 0.206. The number of benzene rings is 1. The van der Waals surface area contributed by atoms with Gasteiger partial charge in [-0.2, -0.15) is 5.10 Å². The van der Waals surface area contributed by atoms with Crippen molar-refractivity contribution in [2.75, 3.05) is 25.0 Å². The van der Waals surface area contributed by atoms with Gasteiger partial charge >= 0.3 is 12.1 Å². The summed E-state index contributed by atoms with van der Waals surface area (Å²) in [5, 5.41) is 9.87. The van der Waals surface area contributed by atoms with Gasteiger partial charge in [0.1, 0.15) is 12.4 Å². The van der Waals surface area contributed by atoms with Crippen LogP contribution in [0.4, 0.5) is 15.4 Å². The molecular formula is C20H27N5O3. The molecule has 2 heterocycles. The summed E-state index contributed by atoms with van der Waals surface area (Å²) in [5.41, 5.74) is 1.81. The number of likely N-dealkylation sites (tertiary alicyclic amines) is 1. The molecule has 3 amide bonds. The van der Waals surface area contributed by atoms with E-state index in [-0.39, 0.29) is 24.6 Å². The lowest BCUT2D eigenvalue weighted by atomic mass is 9.98. The van der Waals surface area contributed by atoms with E-state index in [1.165, 1.54) is 0 Å². The third kappa shape index (κ3) is 5.48. The van der Waals surface area contributed by atoms with Crippen molar-refractivity contribution in [1.82, 2.24) is 20.0 Å². The van der Waals surface area contributed by atoms with Crippen LogP contribution >= 0.6 is 0 Å². The number of carbonyl (C=O) groups is 2. The molecule has 1 aromatic carbocycles. The highest BCUT2D eigenvalue weighted by atomic mass is 16.6. The van der Waals surface area contributed by atoms with E-state index in [1.54, 1.807) is 16.6 Å². The molecule has 1 fully saturated rings. The first-order valence-corrected chi connectivity index (χ1v) is 9.52. The van der Waals surface area contributed by atoms with Crippen LogP contribution in [-0.2, 0) is 18.4 Å². The third-order valence-corrected chi connectivity index (χ3v) is 4.78. The molecule has 0 bridgehead atoms. The fourth-order valence-corrected chi connectivity index (χ4v) is 3.33. The van der Waals surface area contributed by atoms with Crippen molar-refractivity contribution in [2.24, 2.45) is 13.0 Å². The van der Waals surface area contributed by atoms with Gasteiger partial charge in [0.2, 0.25) is 0 Å². The summed E-state index contributed by atoms with van der Waals surface area (Å²) in [6.45, 7) is 3.91. The van der Waals surface area contributed by atoms with Crippen LogP contribution in [0.2, 0.25) is 0 Å². The molecule has 1 aliphatic heterocycles. The highest BCUT2D eigenvalue weighted by Crippen LogP contribution is 2.17. The summed E-state index contributed by atoms with van der Waals surface area (Å²) in [5.74, 6) is 0.849. The van der Waals surface area contributed by atoms with E-state index in [1.807, 2.05) is 43.3 Å². The third-order valence-electron chi connectivity index (χ3n) is 4.78. The molecular weight excluding hydrogens is 358 g/mol. The number of nitrogens with one attached hydrogen (secondary N) is 2. The number of urea groups is 1. The van der Waals surface area contributed by atoms with Gasteiger partial charge < -0.3 is 15.0 Å². The highest BCUT2D eigenvalue weighted by molar-refractivity contribution is 5.88. The molecule has 3 rings (SSSR count). The number of piperidine rings is 1. The number of nitrogens with zero attached hydrogens (tertiary/aromatic N) is 3. The fourth-order valence-electron chi connectivity index (χ4n) is 3.33. The molecule has 28 heavy (non-hydrogen) atoms. The van der Waals surface area contributed by atoms with Crippen molar-refractivity contribution in [2.45, 2.75) is 26.4 Å².